The first-order valence-corrected chi connectivity index (χ1v) is 10.8. The van der Waals surface area contributed by atoms with Crippen LogP contribution in [0.4, 0.5) is 0 Å². The van der Waals surface area contributed by atoms with Crippen molar-refractivity contribution in [3.8, 4) is 11.5 Å². The van der Waals surface area contributed by atoms with Gasteiger partial charge in [0.2, 0.25) is 0 Å². The van der Waals surface area contributed by atoms with Crippen LogP contribution in [-0.4, -0.2) is 49.4 Å². The lowest BCUT2D eigenvalue weighted by Crippen LogP contribution is -2.06. The number of para-hydroxylation sites is 2. The van der Waals surface area contributed by atoms with Crippen LogP contribution in [0, 0.1) is 0 Å². The summed E-state index contributed by atoms with van der Waals surface area (Å²) < 4.78 is 16.9. The molecule has 136 valence electrons. The molecule has 0 bridgehead atoms. The Labute approximate surface area is 159 Å². The van der Waals surface area contributed by atoms with Crippen LogP contribution in [-0.2, 0) is 4.74 Å². The maximum Gasteiger partial charge on any atom is 0.119 e. The van der Waals surface area contributed by atoms with E-state index >= 15 is 0 Å². The molecule has 0 aliphatic heterocycles. The van der Waals surface area contributed by atoms with Crippen molar-refractivity contribution in [3.05, 3.63) is 60.7 Å². The summed E-state index contributed by atoms with van der Waals surface area (Å²) in [6, 6.07) is 19.9. The zero-order chi connectivity index (χ0) is 17.4. The fraction of sp³-hybridized carbons (Fsp3) is 0.400. The third kappa shape index (κ3) is 10.3. The Bertz CT molecular complexity index is 488. The van der Waals surface area contributed by atoms with Crippen molar-refractivity contribution in [1.82, 2.24) is 0 Å². The van der Waals surface area contributed by atoms with Gasteiger partial charge in [0.15, 0.2) is 0 Å². The van der Waals surface area contributed by atoms with E-state index in [0.717, 1.165) is 60.9 Å². The van der Waals surface area contributed by atoms with Crippen LogP contribution >= 0.6 is 23.5 Å². The molecule has 0 fully saturated rings. The van der Waals surface area contributed by atoms with E-state index in [-0.39, 0.29) is 0 Å². The molecule has 0 radical (unpaired) electrons. The first kappa shape index (κ1) is 20.0. The molecule has 0 saturated carbocycles. The molecule has 0 saturated heterocycles. The summed E-state index contributed by atoms with van der Waals surface area (Å²) >= 11 is 3.73. The molecular weight excluding hydrogens is 352 g/mol. The highest BCUT2D eigenvalue weighted by Crippen LogP contribution is 2.10. The van der Waals surface area contributed by atoms with Gasteiger partial charge in [-0.2, -0.15) is 23.5 Å². The summed E-state index contributed by atoms with van der Waals surface area (Å²) in [5.74, 6) is 5.88. The lowest BCUT2D eigenvalue weighted by Gasteiger charge is -2.07. The molecule has 0 aliphatic carbocycles. The first-order chi connectivity index (χ1) is 12.4. The van der Waals surface area contributed by atoms with Gasteiger partial charge in [0.1, 0.15) is 11.5 Å². The highest BCUT2D eigenvalue weighted by atomic mass is 32.2. The van der Waals surface area contributed by atoms with Gasteiger partial charge in [-0.05, 0) is 24.3 Å². The molecule has 0 spiro atoms. The molecule has 0 N–H and O–H groups in total. The quantitative estimate of drug-likeness (QED) is 0.447. The standard InChI is InChI=1S/C20H26O3S2/c1-3-7-19(8-4-1)22-13-17-24-15-11-21-12-16-25-18-14-23-20-9-5-2-6-10-20/h1-10H,11-18H2. The van der Waals surface area contributed by atoms with Crippen LogP contribution in [0.25, 0.3) is 0 Å². The Morgan fingerprint density at radius 3 is 1.36 bits per heavy atom. The number of benzene rings is 2. The van der Waals surface area contributed by atoms with Crippen LogP contribution in [0.2, 0.25) is 0 Å². The lowest BCUT2D eigenvalue weighted by atomic mass is 10.3. The molecule has 0 heterocycles. The highest BCUT2D eigenvalue weighted by molar-refractivity contribution is 7.99. The van der Waals surface area contributed by atoms with Gasteiger partial charge in [-0.3, -0.25) is 0 Å². The van der Waals surface area contributed by atoms with Gasteiger partial charge in [-0.25, -0.2) is 0 Å². The van der Waals surface area contributed by atoms with E-state index in [2.05, 4.69) is 0 Å². The van der Waals surface area contributed by atoms with Crippen molar-refractivity contribution >= 4 is 23.5 Å². The van der Waals surface area contributed by atoms with Crippen LogP contribution in [0.3, 0.4) is 0 Å². The second kappa shape index (κ2) is 13.9. The second-order valence-electron chi connectivity index (χ2n) is 5.16. The SMILES string of the molecule is c1ccc(OCCSCCOCCSCCOc2ccccc2)cc1. The van der Waals surface area contributed by atoms with E-state index in [1.54, 1.807) is 0 Å². The van der Waals surface area contributed by atoms with Crippen LogP contribution in [0.15, 0.2) is 60.7 Å². The summed E-state index contributed by atoms with van der Waals surface area (Å²) in [6.07, 6.45) is 0. The Balaban J connectivity index is 1.30. The van der Waals surface area contributed by atoms with Gasteiger partial charge in [0, 0.05) is 23.0 Å². The predicted octanol–water partition coefficient (Wildman–Crippen LogP) is 4.63. The summed E-state index contributed by atoms with van der Waals surface area (Å²) in [7, 11) is 0. The Morgan fingerprint density at radius 2 is 0.920 bits per heavy atom. The molecule has 2 rings (SSSR count). The van der Waals surface area contributed by atoms with Crippen molar-refractivity contribution in [2.75, 3.05) is 49.4 Å². The first-order valence-electron chi connectivity index (χ1n) is 8.54. The zero-order valence-corrected chi connectivity index (χ0v) is 16.1. The maximum absolute atomic E-state index is 5.64. The normalized spacial score (nSPS) is 10.6. The smallest absolute Gasteiger partial charge is 0.119 e. The minimum absolute atomic E-state index is 0.742. The zero-order valence-electron chi connectivity index (χ0n) is 14.5. The van der Waals surface area contributed by atoms with Gasteiger partial charge < -0.3 is 14.2 Å². The molecule has 2 aromatic carbocycles. The molecule has 0 amide bonds. The van der Waals surface area contributed by atoms with Gasteiger partial charge in [-0.1, -0.05) is 36.4 Å². The van der Waals surface area contributed by atoms with Crippen molar-refractivity contribution < 1.29 is 14.2 Å². The van der Waals surface area contributed by atoms with E-state index in [9.17, 15) is 0 Å². The summed E-state index contributed by atoms with van der Waals surface area (Å²) in [4.78, 5) is 0. The number of rotatable bonds is 14. The molecule has 0 unspecified atom stereocenters. The number of hydrogen-bond acceptors (Lipinski definition) is 5. The van der Waals surface area contributed by atoms with Gasteiger partial charge in [0.25, 0.3) is 0 Å². The summed E-state index contributed by atoms with van der Waals surface area (Å²) in [6.45, 7) is 3.09. The Hall–Kier alpha value is -1.30. The number of thioether (sulfide) groups is 2. The average molecular weight is 379 g/mol. The van der Waals surface area contributed by atoms with E-state index in [1.807, 2.05) is 84.2 Å². The van der Waals surface area contributed by atoms with Crippen molar-refractivity contribution in [2.24, 2.45) is 0 Å². The van der Waals surface area contributed by atoms with Crippen molar-refractivity contribution in [2.45, 2.75) is 0 Å². The molecule has 25 heavy (non-hydrogen) atoms. The van der Waals surface area contributed by atoms with Crippen LogP contribution < -0.4 is 9.47 Å². The molecule has 2 aromatic rings. The van der Waals surface area contributed by atoms with Crippen molar-refractivity contribution in [1.29, 1.82) is 0 Å². The third-order valence-electron chi connectivity index (χ3n) is 3.22. The largest absolute Gasteiger partial charge is 0.493 e. The lowest BCUT2D eigenvalue weighted by molar-refractivity contribution is 0.167. The summed E-state index contributed by atoms with van der Waals surface area (Å²) in [5, 5.41) is 0. The monoisotopic (exact) mass is 378 g/mol. The topological polar surface area (TPSA) is 27.7 Å². The van der Waals surface area contributed by atoms with Crippen LogP contribution in [0.1, 0.15) is 0 Å². The fourth-order valence-corrected chi connectivity index (χ4v) is 3.29. The number of hydrogen-bond donors (Lipinski definition) is 0. The molecule has 5 heteroatoms. The second-order valence-corrected chi connectivity index (χ2v) is 7.61. The predicted molar refractivity (Wildman–Crippen MR) is 109 cm³/mol. The Morgan fingerprint density at radius 1 is 0.520 bits per heavy atom. The third-order valence-corrected chi connectivity index (χ3v) is 5.04. The minimum Gasteiger partial charge on any atom is -0.493 e. The number of ether oxygens (including phenoxy) is 3. The fourth-order valence-electron chi connectivity index (χ4n) is 2.01. The Kier molecular flexibility index (Phi) is 11.2. The molecule has 0 aromatic heterocycles. The van der Waals surface area contributed by atoms with Crippen LogP contribution in [0.5, 0.6) is 11.5 Å². The molecule has 0 aliphatic rings. The highest BCUT2D eigenvalue weighted by Gasteiger charge is 1.95. The van der Waals surface area contributed by atoms with E-state index in [0.29, 0.717) is 0 Å². The van der Waals surface area contributed by atoms with E-state index in [1.165, 1.54) is 0 Å². The molecule has 3 nitrogen and oxygen atoms in total. The molecule has 0 atom stereocenters. The van der Waals surface area contributed by atoms with Crippen molar-refractivity contribution in [3.63, 3.8) is 0 Å². The minimum atomic E-state index is 0.742. The van der Waals surface area contributed by atoms with E-state index < -0.39 is 0 Å². The van der Waals surface area contributed by atoms with Gasteiger partial charge in [-0.15, -0.1) is 0 Å². The van der Waals surface area contributed by atoms with Gasteiger partial charge in [0.05, 0.1) is 26.4 Å². The van der Waals surface area contributed by atoms with Gasteiger partial charge >= 0.3 is 0 Å². The van der Waals surface area contributed by atoms with E-state index in [4.69, 9.17) is 14.2 Å². The molecular formula is C20H26O3S2. The maximum atomic E-state index is 5.64. The average Bonchev–Trinajstić information content (AvgIpc) is 2.67. The summed E-state index contributed by atoms with van der Waals surface area (Å²) in [5.41, 5.74) is 0.